The minimum atomic E-state index is 0.166. The summed E-state index contributed by atoms with van der Waals surface area (Å²) in [5.74, 6) is 0.706. The maximum absolute atomic E-state index is 12.0. The molecule has 0 bridgehead atoms. The maximum atomic E-state index is 12.0. The van der Waals surface area contributed by atoms with Crippen molar-refractivity contribution >= 4 is 5.91 Å². The van der Waals surface area contributed by atoms with Gasteiger partial charge in [-0.25, -0.2) is 0 Å². The van der Waals surface area contributed by atoms with Crippen LogP contribution in [0.15, 0.2) is 0 Å². The Morgan fingerprint density at radius 2 is 2.15 bits per heavy atom. The van der Waals surface area contributed by atoms with E-state index < -0.39 is 0 Å². The third kappa shape index (κ3) is 6.23. The van der Waals surface area contributed by atoms with Gasteiger partial charge in [0.15, 0.2) is 0 Å². The summed E-state index contributed by atoms with van der Waals surface area (Å²) in [6.07, 6.45) is 6.89. The molecule has 118 valence electrons. The molecule has 4 heteroatoms. The number of amides is 1. The Morgan fingerprint density at radius 1 is 1.40 bits per heavy atom. The summed E-state index contributed by atoms with van der Waals surface area (Å²) in [4.78, 5) is 14.3. The van der Waals surface area contributed by atoms with Gasteiger partial charge in [-0.15, -0.1) is 0 Å². The van der Waals surface area contributed by atoms with Crippen molar-refractivity contribution in [2.75, 3.05) is 19.6 Å². The van der Waals surface area contributed by atoms with Gasteiger partial charge in [-0.1, -0.05) is 39.5 Å². The van der Waals surface area contributed by atoms with Gasteiger partial charge >= 0.3 is 0 Å². The molecule has 0 radical (unpaired) electrons. The zero-order chi connectivity index (χ0) is 15.0. The summed E-state index contributed by atoms with van der Waals surface area (Å²) in [7, 11) is 0. The molecule has 1 rings (SSSR count). The number of nitrogens with one attached hydrogen (secondary N) is 1. The van der Waals surface area contributed by atoms with Crippen molar-refractivity contribution in [1.82, 2.24) is 10.2 Å². The van der Waals surface area contributed by atoms with Crippen molar-refractivity contribution in [3.8, 4) is 0 Å². The van der Waals surface area contributed by atoms with Crippen LogP contribution in [0.25, 0.3) is 0 Å². The lowest BCUT2D eigenvalue weighted by molar-refractivity contribution is -0.123. The first kappa shape index (κ1) is 17.4. The molecule has 0 aromatic heterocycles. The van der Waals surface area contributed by atoms with E-state index in [1.165, 1.54) is 19.3 Å². The number of carbonyl (C=O) groups excluding carboxylic acids is 1. The fraction of sp³-hybridized carbons (Fsp3) is 0.938. The molecule has 0 saturated carbocycles. The van der Waals surface area contributed by atoms with Crippen LogP contribution < -0.4 is 11.1 Å². The number of carbonyl (C=O) groups is 1. The second-order valence-electron chi connectivity index (χ2n) is 6.32. The molecule has 1 heterocycles. The predicted molar refractivity (Wildman–Crippen MR) is 84.6 cm³/mol. The SMILES string of the molecule is CCCCCC(C)NC(=O)CN1CCC(N)C(CC)C1. The van der Waals surface area contributed by atoms with Crippen molar-refractivity contribution in [1.29, 1.82) is 0 Å². The average molecular weight is 283 g/mol. The number of likely N-dealkylation sites (tertiary alicyclic amines) is 1. The standard InChI is InChI=1S/C16H33N3O/c1-4-6-7-8-13(3)18-16(20)12-19-10-9-15(17)14(5-2)11-19/h13-15H,4-12,17H2,1-3H3,(H,18,20). The normalized spacial score (nSPS) is 25.4. The minimum Gasteiger partial charge on any atom is -0.353 e. The van der Waals surface area contributed by atoms with E-state index in [2.05, 4.69) is 31.0 Å². The lowest BCUT2D eigenvalue weighted by atomic mass is 9.91. The van der Waals surface area contributed by atoms with E-state index in [0.29, 0.717) is 24.5 Å². The first-order valence-corrected chi connectivity index (χ1v) is 8.34. The van der Waals surface area contributed by atoms with Gasteiger partial charge in [0.05, 0.1) is 6.54 Å². The van der Waals surface area contributed by atoms with E-state index in [0.717, 1.165) is 32.4 Å². The summed E-state index contributed by atoms with van der Waals surface area (Å²) >= 11 is 0. The Bertz CT molecular complexity index is 283. The van der Waals surface area contributed by atoms with Crippen molar-refractivity contribution in [3.05, 3.63) is 0 Å². The Morgan fingerprint density at radius 3 is 2.80 bits per heavy atom. The summed E-state index contributed by atoms with van der Waals surface area (Å²) in [6, 6.07) is 0.607. The highest BCUT2D eigenvalue weighted by atomic mass is 16.2. The maximum Gasteiger partial charge on any atom is 0.234 e. The van der Waals surface area contributed by atoms with Gasteiger partial charge in [0, 0.05) is 25.2 Å². The summed E-state index contributed by atoms with van der Waals surface area (Å²) < 4.78 is 0. The number of piperidine rings is 1. The third-order valence-electron chi connectivity index (χ3n) is 4.42. The highest BCUT2D eigenvalue weighted by Crippen LogP contribution is 2.18. The average Bonchev–Trinajstić information content (AvgIpc) is 2.41. The van der Waals surface area contributed by atoms with Gasteiger partial charge in [-0.2, -0.15) is 0 Å². The lowest BCUT2D eigenvalue weighted by Gasteiger charge is -2.36. The molecule has 3 atom stereocenters. The van der Waals surface area contributed by atoms with Gasteiger partial charge in [0.1, 0.15) is 0 Å². The molecule has 1 fully saturated rings. The van der Waals surface area contributed by atoms with E-state index in [9.17, 15) is 4.79 Å². The number of hydrogen-bond acceptors (Lipinski definition) is 3. The molecule has 1 saturated heterocycles. The Labute approximate surface area is 124 Å². The zero-order valence-corrected chi connectivity index (χ0v) is 13.5. The largest absolute Gasteiger partial charge is 0.353 e. The fourth-order valence-corrected chi connectivity index (χ4v) is 3.00. The predicted octanol–water partition coefficient (Wildman–Crippen LogP) is 2.13. The number of nitrogens with zero attached hydrogens (tertiary/aromatic N) is 1. The fourth-order valence-electron chi connectivity index (χ4n) is 3.00. The Kier molecular flexibility index (Phi) is 8.15. The molecule has 1 amide bonds. The molecule has 0 aliphatic carbocycles. The minimum absolute atomic E-state index is 0.166. The third-order valence-corrected chi connectivity index (χ3v) is 4.42. The van der Waals surface area contributed by atoms with Crippen LogP contribution in [-0.2, 0) is 4.79 Å². The first-order valence-electron chi connectivity index (χ1n) is 8.34. The molecular formula is C16H33N3O. The quantitative estimate of drug-likeness (QED) is 0.671. The molecule has 0 aromatic rings. The number of rotatable bonds is 8. The topological polar surface area (TPSA) is 58.4 Å². The van der Waals surface area contributed by atoms with E-state index in [1.54, 1.807) is 0 Å². The van der Waals surface area contributed by atoms with Crippen LogP contribution in [-0.4, -0.2) is 42.5 Å². The molecule has 1 aliphatic rings. The molecule has 3 N–H and O–H groups in total. The van der Waals surface area contributed by atoms with Crippen LogP contribution in [0.4, 0.5) is 0 Å². The van der Waals surface area contributed by atoms with Crippen molar-refractivity contribution in [2.45, 2.75) is 71.4 Å². The van der Waals surface area contributed by atoms with Gasteiger partial charge in [0.25, 0.3) is 0 Å². The highest BCUT2D eigenvalue weighted by molar-refractivity contribution is 5.78. The molecular weight excluding hydrogens is 250 g/mol. The number of nitrogens with two attached hydrogens (primary N) is 1. The van der Waals surface area contributed by atoms with Crippen molar-refractivity contribution < 1.29 is 4.79 Å². The zero-order valence-electron chi connectivity index (χ0n) is 13.5. The lowest BCUT2D eigenvalue weighted by Crippen LogP contribution is -2.50. The van der Waals surface area contributed by atoms with Crippen LogP contribution in [0.3, 0.4) is 0 Å². The van der Waals surface area contributed by atoms with E-state index in [4.69, 9.17) is 5.73 Å². The molecule has 20 heavy (non-hydrogen) atoms. The van der Waals surface area contributed by atoms with E-state index in [1.807, 2.05) is 0 Å². The summed E-state index contributed by atoms with van der Waals surface area (Å²) in [5.41, 5.74) is 6.10. The summed E-state index contributed by atoms with van der Waals surface area (Å²) in [6.45, 7) is 8.94. The van der Waals surface area contributed by atoms with E-state index >= 15 is 0 Å². The van der Waals surface area contributed by atoms with Crippen LogP contribution in [0, 0.1) is 5.92 Å². The van der Waals surface area contributed by atoms with Gasteiger partial charge in [-0.05, 0) is 25.7 Å². The molecule has 4 nitrogen and oxygen atoms in total. The summed E-state index contributed by atoms with van der Waals surface area (Å²) in [5, 5.41) is 3.12. The van der Waals surface area contributed by atoms with E-state index in [-0.39, 0.29) is 5.91 Å². The van der Waals surface area contributed by atoms with Crippen molar-refractivity contribution in [2.24, 2.45) is 11.7 Å². The number of unbranched alkanes of at least 4 members (excludes halogenated alkanes) is 2. The second-order valence-corrected chi connectivity index (χ2v) is 6.32. The van der Waals surface area contributed by atoms with Gasteiger partial charge in [-0.3, -0.25) is 9.69 Å². The Hall–Kier alpha value is -0.610. The van der Waals surface area contributed by atoms with Crippen LogP contribution in [0.2, 0.25) is 0 Å². The van der Waals surface area contributed by atoms with Gasteiger partial charge in [0.2, 0.25) is 5.91 Å². The van der Waals surface area contributed by atoms with Crippen LogP contribution in [0.5, 0.6) is 0 Å². The molecule has 0 aromatic carbocycles. The molecule has 1 aliphatic heterocycles. The first-order chi connectivity index (χ1) is 9.56. The number of hydrogen-bond donors (Lipinski definition) is 2. The smallest absolute Gasteiger partial charge is 0.234 e. The highest BCUT2D eigenvalue weighted by Gasteiger charge is 2.26. The molecule has 3 unspecified atom stereocenters. The van der Waals surface area contributed by atoms with Crippen molar-refractivity contribution in [3.63, 3.8) is 0 Å². The second kappa shape index (κ2) is 9.35. The monoisotopic (exact) mass is 283 g/mol. The van der Waals surface area contributed by atoms with Crippen LogP contribution >= 0.6 is 0 Å². The van der Waals surface area contributed by atoms with Gasteiger partial charge < -0.3 is 11.1 Å². The van der Waals surface area contributed by atoms with Crippen LogP contribution in [0.1, 0.15) is 59.3 Å². The Balaban J connectivity index is 2.24. The molecule has 0 spiro atoms.